The second-order valence-corrected chi connectivity index (χ2v) is 19.0. The number of nitrogens with zero attached hydrogens (tertiary/aromatic N) is 5. The molecule has 7 heteroatoms. The first-order valence-corrected chi connectivity index (χ1v) is 24.3. The molecule has 10 aromatic carbocycles. The SMILES string of the molecule is c1ccc(-c2cccc(-n3c4ccccc4c4ccc5c6ccccc6n(-c6nc(-c7ccc8c(c7)oc7c(-c9ccccc9)cccc78)nc(-c7cccc8sc9ccccc9c78)n6)c5c43)c2)cc1. The van der Waals surface area contributed by atoms with E-state index < -0.39 is 0 Å². The molecule has 0 aliphatic rings. The first kappa shape index (κ1) is 38.9. The highest BCUT2D eigenvalue weighted by atomic mass is 32.1. The molecule has 0 N–H and O–H groups in total. The quantitative estimate of drug-likeness (QED) is 0.167. The zero-order valence-corrected chi connectivity index (χ0v) is 38.2. The predicted octanol–water partition coefficient (Wildman–Crippen LogP) is 17.0. The van der Waals surface area contributed by atoms with Crippen LogP contribution in [0.3, 0.4) is 0 Å². The zero-order valence-electron chi connectivity index (χ0n) is 37.4. The molecule has 15 rings (SSSR count). The van der Waals surface area contributed by atoms with Crippen molar-refractivity contribution in [3.05, 3.63) is 224 Å². The third kappa shape index (κ3) is 5.82. The summed E-state index contributed by atoms with van der Waals surface area (Å²) < 4.78 is 13.9. The molecule has 0 aliphatic heterocycles. The summed E-state index contributed by atoms with van der Waals surface area (Å²) >= 11 is 1.79. The van der Waals surface area contributed by atoms with Crippen molar-refractivity contribution in [1.29, 1.82) is 0 Å². The van der Waals surface area contributed by atoms with Crippen LogP contribution in [0.15, 0.2) is 229 Å². The van der Waals surface area contributed by atoms with Crippen LogP contribution in [0.1, 0.15) is 0 Å². The van der Waals surface area contributed by atoms with Gasteiger partial charge in [-0.05, 0) is 65.2 Å². The van der Waals surface area contributed by atoms with Crippen LogP contribution in [0.4, 0.5) is 0 Å². The molecule has 326 valence electrons. The number of para-hydroxylation sites is 3. The maximum Gasteiger partial charge on any atom is 0.238 e. The molecule has 0 unspecified atom stereocenters. The Morgan fingerprint density at radius 1 is 0.357 bits per heavy atom. The summed E-state index contributed by atoms with van der Waals surface area (Å²) in [5.41, 5.74) is 13.2. The van der Waals surface area contributed by atoms with Gasteiger partial charge in [0, 0.05) is 74.9 Å². The summed E-state index contributed by atoms with van der Waals surface area (Å²) in [6, 6.07) is 79.6. The normalized spacial score (nSPS) is 12.0. The smallest absolute Gasteiger partial charge is 0.238 e. The third-order valence-electron chi connectivity index (χ3n) is 14.0. The van der Waals surface area contributed by atoms with E-state index in [1.54, 1.807) is 11.3 Å². The summed E-state index contributed by atoms with van der Waals surface area (Å²) in [6.45, 7) is 0. The highest BCUT2D eigenvalue weighted by Gasteiger charge is 2.25. The molecule has 15 aromatic rings. The molecule has 0 saturated carbocycles. The molecule has 0 amide bonds. The van der Waals surface area contributed by atoms with Gasteiger partial charge in [0.2, 0.25) is 5.95 Å². The molecule has 0 spiro atoms. The number of rotatable bonds is 6. The van der Waals surface area contributed by atoms with Crippen molar-refractivity contribution in [3.8, 4) is 56.7 Å². The topological polar surface area (TPSA) is 61.7 Å². The van der Waals surface area contributed by atoms with Gasteiger partial charge in [0.25, 0.3) is 0 Å². The van der Waals surface area contributed by atoms with Crippen LogP contribution in [0.2, 0.25) is 0 Å². The molecule has 0 radical (unpaired) electrons. The zero-order chi connectivity index (χ0) is 45.9. The van der Waals surface area contributed by atoms with E-state index in [4.69, 9.17) is 19.4 Å². The summed E-state index contributed by atoms with van der Waals surface area (Å²) in [7, 11) is 0. The van der Waals surface area contributed by atoms with Crippen LogP contribution < -0.4 is 0 Å². The molecule has 5 heterocycles. The van der Waals surface area contributed by atoms with Gasteiger partial charge >= 0.3 is 0 Å². The average Bonchev–Trinajstić information content (AvgIpc) is 4.19. The number of hydrogen-bond donors (Lipinski definition) is 0. The molecule has 0 aliphatic carbocycles. The van der Waals surface area contributed by atoms with E-state index in [0.29, 0.717) is 17.6 Å². The lowest BCUT2D eigenvalue weighted by molar-refractivity contribution is 0.670. The average molecular weight is 912 g/mol. The minimum absolute atomic E-state index is 0.529. The number of aromatic nitrogens is 5. The van der Waals surface area contributed by atoms with Gasteiger partial charge in [-0.3, -0.25) is 4.57 Å². The number of thiophene rings is 1. The molecule has 0 bridgehead atoms. The number of fused-ring (bicyclic) bond motifs is 13. The van der Waals surface area contributed by atoms with Crippen LogP contribution in [0, 0.1) is 0 Å². The lowest BCUT2D eigenvalue weighted by atomic mass is 10.0. The summed E-state index contributed by atoms with van der Waals surface area (Å²) in [5, 5.41) is 8.95. The Labute approximate surface area is 404 Å². The minimum Gasteiger partial charge on any atom is -0.455 e. The largest absolute Gasteiger partial charge is 0.455 e. The van der Waals surface area contributed by atoms with Gasteiger partial charge in [-0.15, -0.1) is 11.3 Å². The number of benzene rings is 10. The Balaban J connectivity index is 1.04. The molecular weight excluding hydrogens is 875 g/mol. The second-order valence-electron chi connectivity index (χ2n) is 17.9. The fourth-order valence-corrected chi connectivity index (χ4v) is 12.0. The van der Waals surface area contributed by atoms with Gasteiger partial charge < -0.3 is 8.98 Å². The van der Waals surface area contributed by atoms with Crippen LogP contribution >= 0.6 is 11.3 Å². The molecule has 70 heavy (non-hydrogen) atoms. The molecule has 0 saturated heterocycles. The third-order valence-corrected chi connectivity index (χ3v) is 15.1. The van der Waals surface area contributed by atoms with Crippen LogP contribution in [0.25, 0.3) is 142 Å². The van der Waals surface area contributed by atoms with Gasteiger partial charge in [-0.2, -0.15) is 9.97 Å². The minimum atomic E-state index is 0.529. The molecule has 0 fully saturated rings. The molecule has 5 aromatic heterocycles. The van der Waals surface area contributed by atoms with E-state index in [9.17, 15) is 0 Å². The number of hydrogen-bond acceptors (Lipinski definition) is 5. The van der Waals surface area contributed by atoms with Crippen molar-refractivity contribution in [1.82, 2.24) is 24.1 Å². The fourth-order valence-electron chi connectivity index (χ4n) is 10.9. The van der Waals surface area contributed by atoms with Crippen LogP contribution in [-0.4, -0.2) is 24.1 Å². The first-order chi connectivity index (χ1) is 34.7. The van der Waals surface area contributed by atoms with Gasteiger partial charge in [0.15, 0.2) is 11.6 Å². The first-order valence-electron chi connectivity index (χ1n) is 23.5. The monoisotopic (exact) mass is 911 g/mol. The maximum atomic E-state index is 6.82. The van der Waals surface area contributed by atoms with E-state index >= 15 is 0 Å². The van der Waals surface area contributed by atoms with Crippen molar-refractivity contribution in [2.45, 2.75) is 0 Å². The molecular formula is C63H37N5OS. The molecule has 0 atom stereocenters. The Hall–Kier alpha value is -9.17. The second kappa shape index (κ2) is 15.2. The highest BCUT2D eigenvalue weighted by molar-refractivity contribution is 7.25. The van der Waals surface area contributed by atoms with Crippen molar-refractivity contribution in [2.24, 2.45) is 0 Å². The maximum absolute atomic E-state index is 6.82. The van der Waals surface area contributed by atoms with Crippen molar-refractivity contribution in [3.63, 3.8) is 0 Å². The Morgan fingerprint density at radius 3 is 1.74 bits per heavy atom. The molecule has 6 nitrogen and oxygen atoms in total. The Morgan fingerprint density at radius 2 is 0.943 bits per heavy atom. The van der Waals surface area contributed by atoms with Gasteiger partial charge in [-0.25, -0.2) is 4.98 Å². The van der Waals surface area contributed by atoms with E-state index in [1.165, 1.54) is 25.7 Å². The van der Waals surface area contributed by atoms with Crippen molar-refractivity contribution < 1.29 is 4.42 Å². The van der Waals surface area contributed by atoms with Gasteiger partial charge in [0.05, 0.1) is 22.1 Å². The van der Waals surface area contributed by atoms with Crippen molar-refractivity contribution in [2.75, 3.05) is 0 Å². The van der Waals surface area contributed by atoms with E-state index in [-0.39, 0.29) is 0 Å². The lowest BCUT2D eigenvalue weighted by Gasteiger charge is -2.14. The highest BCUT2D eigenvalue weighted by Crippen LogP contribution is 2.44. The predicted molar refractivity (Wildman–Crippen MR) is 290 cm³/mol. The van der Waals surface area contributed by atoms with Crippen molar-refractivity contribution >= 4 is 97.1 Å². The Kier molecular flexibility index (Phi) is 8.43. The summed E-state index contributed by atoms with van der Waals surface area (Å²) in [5.74, 6) is 1.68. The van der Waals surface area contributed by atoms with E-state index in [1.807, 2.05) is 6.07 Å². The van der Waals surface area contributed by atoms with Crippen LogP contribution in [-0.2, 0) is 0 Å². The standard InChI is InChI=1S/C63H37N5OS/c1-3-16-38(17-4-1)40-20-13-21-42(36-40)67-52-28-10-7-22-44(52)47-34-35-48-45-23-8-11-29-53(45)68(59(48)58(47)67)63-65-61(64-62(66-63)51-27-15-31-56-57(51)50-24-9-12-30-55(50)70-56)41-32-33-46-49-26-14-25-43(39-18-5-2-6-19-39)60(49)69-54(46)37-41/h1-37H. The van der Waals surface area contributed by atoms with E-state index in [2.05, 4.69) is 228 Å². The summed E-state index contributed by atoms with van der Waals surface area (Å²) in [6.07, 6.45) is 0. The fraction of sp³-hybridized carbons (Fsp3) is 0. The van der Waals surface area contributed by atoms with E-state index in [0.717, 1.165) is 99.1 Å². The van der Waals surface area contributed by atoms with Gasteiger partial charge in [0.1, 0.15) is 11.2 Å². The number of furan rings is 1. The Bertz CT molecular complexity index is 4600. The lowest BCUT2D eigenvalue weighted by Crippen LogP contribution is -2.07. The summed E-state index contributed by atoms with van der Waals surface area (Å²) in [4.78, 5) is 16.5. The van der Waals surface area contributed by atoms with Crippen LogP contribution in [0.5, 0.6) is 0 Å². The van der Waals surface area contributed by atoms with Gasteiger partial charge in [-0.1, -0.05) is 176 Å².